The minimum Gasteiger partial charge on any atom is -0.352 e. The van der Waals surface area contributed by atoms with Crippen LogP contribution < -0.4 is 5.32 Å². The zero-order valence-corrected chi connectivity index (χ0v) is 11.5. The van der Waals surface area contributed by atoms with E-state index in [2.05, 4.69) is 24.1 Å². The molecule has 0 saturated carbocycles. The fourth-order valence-electron chi connectivity index (χ4n) is 1.15. The summed E-state index contributed by atoms with van der Waals surface area (Å²) in [7, 11) is 0. The van der Waals surface area contributed by atoms with Gasteiger partial charge in [-0.05, 0) is 23.6 Å². The standard InChI is InChI=1S/C12H18N2O.C2H6.H2/c1-9(2)10(3)12(15)14-8-11-4-6-13-7-5-11;1-2;/h4-7,9-10H,8H2,1-3H3,(H,14,15);1-2H3;1H/t10-;;/m0../s1. The van der Waals surface area contributed by atoms with Crippen molar-refractivity contribution in [3.05, 3.63) is 30.1 Å². The maximum Gasteiger partial charge on any atom is 0.223 e. The van der Waals surface area contributed by atoms with E-state index in [9.17, 15) is 4.79 Å². The molecule has 0 aliphatic carbocycles. The second-order valence-electron chi connectivity index (χ2n) is 4.11. The molecule has 3 nitrogen and oxygen atoms in total. The van der Waals surface area contributed by atoms with E-state index in [4.69, 9.17) is 0 Å². The summed E-state index contributed by atoms with van der Waals surface area (Å²) in [5, 5.41) is 2.91. The highest BCUT2D eigenvalue weighted by Gasteiger charge is 2.15. The quantitative estimate of drug-likeness (QED) is 0.874. The number of hydrogen-bond donors (Lipinski definition) is 1. The first kappa shape index (κ1) is 15.6. The van der Waals surface area contributed by atoms with Crippen LogP contribution in [0.15, 0.2) is 24.5 Å². The number of carbonyl (C=O) groups excluding carboxylic acids is 1. The summed E-state index contributed by atoms with van der Waals surface area (Å²) in [6.45, 7) is 10.6. The molecule has 0 bridgehead atoms. The van der Waals surface area contributed by atoms with E-state index in [1.54, 1.807) is 12.4 Å². The van der Waals surface area contributed by atoms with E-state index in [-0.39, 0.29) is 13.3 Å². The van der Waals surface area contributed by atoms with E-state index >= 15 is 0 Å². The van der Waals surface area contributed by atoms with E-state index in [0.717, 1.165) is 5.56 Å². The Kier molecular flexibility index (Phi) is 8.03. The molecule has 0 radical (unpaired) electrons. The highest BCUT2D eigenvalue weighted by molar-refractivity contribution is 5.78. The van der Waals surface area contributed by atoms with Crippen LogP contribution >= 0.6 is 0 Å². The van der Waals surface area contributed by atoms with Crippen LogP contribution in [0.25, 0.3) is 0 Å². The molecule has 1 amide bonds. The molecule has 98 valence electrons. The van der Waals surface area contributed by atoms with Crippen LogP contribution in [0.5, 0.6) is 0 Å². The average Bonchev–Trinajstić information content (AvgIpc) is 2.38. The number of rotatable bonds is 4. The lowest BCUT2D eigenvalue weighted by Gasteiger charge is -2.15. The van der Waals surface area contributed by atoms with Gasteiger partial charge in [0.2, 0.25) is 5.91 Å². The predicted molar refractivity (Wildman–Crippen MR) is 73.5 cm³/mol. The molecule has 1 N–H and O–H groups in total. The Bertz CT molecular complexity index is 315. The molecule has 0 aliphatic rings. The van der Waals surface area contributed by atoms with Crippen molar-refractivity contribution in [1.29, 1.82) is 0 Å². The minimum absolute atomic E-state index is 0. The fraction of sp³-hybridized carbons (Fsp3) is 0.571. The van der Waals surface area contributed by atoms with Crippen molar-refractivity contribution in [3.8, 4) is 0 Å². The zero-order chi connectivity index (χ0) is 13.3. The zero-order valence-electron chi connectivity index (χ0n) is 11.5. The van der Waals surface area contributed by atoms with Crippen LogP contribution in [0.3, 0.4) is 0 Å². The Morgan fingerprint density at radius 1 is 1.29 bits per heavy atom. The third kappa shape index (κ3) is 6.05. The molecule has 1 aromatic rings. The van der Waals surface area contributed by atoms with Gasteiger partial charge in [0.15, 0.2) is 0 Å². The normalized spacial score (nSPS) is 11.4. The lowest BCUT2D eigenvalue weighted by molar-refractivity contribution is -0.125. The largest absolute Gasteiger partial charge is 0.352 e. The van der Waals surface area contributed by atoms with Crippen LogP contribution in [0, 0.1) is 11.8 Å². The molecule has 17 heavy (non-hydrogen) atoms. The van der Waals surface area contributed by atoms with Crippen molar-refractivity contribution in [1.82, 2.24) is 10.3 Å². The minimum atomic E-state index is 0. The summed E-state index contributed by atoms with van der Waals surface area (Å²) in [5.41, 5.74) is 1.08. The van der Waals surface area contributed by atoms with Gasteiger partial charge in [-0.15, -0.1) is 0 Å². The monoisotopic (exact) mass is 238 g/mol. The summed E-state index contributed by atoms with van der Waals surface area (Å²) < 4.78 is 0. The number of pyridine rings is 1. The van der Waals surface area contributed by atoms with Gasteiger partial charge in [-0.1, -0.05) is 34.6 Å². The first-order valence-electron chi connectivity index (χ1n) is 6.28. The molecule has 1 rings (SSSR count). The molecule has 3 heteroatoms. The fourth-order valence-corrected chi connectivity index (χ4v) is 1.15. The molecular formula is C14H26N2O. The number of carbonyl (C=O) groups is 1. The molecular weight excluding hydrogens is 212 g/mol. The Morgan fingerprint density at radius 3 is 2.29 bits per heavy atom. The molecule has 1 aromatic heterocycles. The Labute approximate surface area is 106 Å². The van der Waals surface area contributed by atoms with Crippen molar-refractivity contribution in [2.45, 2.75) is 41.2 Å². The lowest BCUT2D eigenvalue weighted by Crippen LogP contribution is -2.31. The highest BCUT2D eigenvalue weighted by atomic mass is 16.1. The smallest absolute Gasteiger partial charge is 0.223 e. The van der Waals surface area contributed by atoms with Gasteiger partial charge in [0.25, 0.3) is 0 Å². The van der Waals surface area contributed by atoms with E-state index in [1.165, 1.54) is 0 Å². The van der Waals surface area contributed by atoms with Gasteiger partial charge in [-0.3, -0.25) is 9.78 Å². The lowest BCUT2D eigenvalue weighted by atomic mass is 9.97. The summed E-state index contributed by atoms with van der Waals surface area (Å²) in [6, 6.07) is 3.81. The first-order chi connectivity index (χ1) is 8.11. The highest BCUT2D eigenvalue weighted by Crippen LogP contribution is 2.09. The van der Waals surface area contributed by atoms with Crippen LogP contribution in [0.1, 0.15) is 41.6 Å². The third-order valence-electron chi connectivity index (χ3n) is 2.63. The summed E-state index contributed by atoms with van der Waals surface area (Å²) in [5.74, 6) is 0.552. The van der Waals surface area contributed by atoms with Crippen LogP contribution in [-0.4, -0.2) is 10.9 Å². The molecule has 1 heterocycles. The van der Waals surface area contributed by atoms with Crippen molar-refractivity contribution in [3.63, 3.8) is 0 Å². The topological polar surface area (TPSA) is 42.0 Å². The molecule has 0 aliphatic heterocycles. The summed E-state index contributed by atoms with van der Waals surface area (Å²) in [4.78, 5) is 15.6. The van der Waals surface area contributed by atoms with Crippen LogP contribution in [0.2, 0.25) is 0 Å². The van der Waals surface area contributed by atoms with E-state index in [1.807, 2.05) is 32.9 Å². The number of nitrogens with zero attached hydrogens (tertiary/aromatic N) is 1. The number of hydrogen-bond acceptors (Lipinski definition) is 2. The van der Waals surface area contributed by atoms with E-state index < -0.39 is 0 Å². The SMILES string of the molecule is CC.CC(C)[C@H](C)C(=O)NCc1ccncc1.[HH]. The molecule has 1 atom stereocenters. The van der Waals surface area contributed by atoms with Gasteiger partial charge in [-0.2, -0.15) is 0 Å². The maximum absolute atomic E-state index is 11.6. The molecule has 0 spiro atoms. The molecule has 0 unspecified atom stereocenters. The van der Waals surface area contributed by atoms with Crippen molar-refractivity contribution >= 4 is 5.91 Å². The summed E-state index contributed by atoms with van der Waals surface area (Å²) in [6.07, 6.45) is 3.46. The summed E-state index contributed by atoms with van der Waals surface area (Å²) >= 11 is 0. The molecule has 0 fully saturated rings. The van der Waals surface area contributed by atoms with Gasteiger partial charge < -0.3 is 5.32 Å². The van der Waals surface area contributed by atoms with Crippen molar-refractivity contribution in [2.75, 3.05) is 0 Å². The maximum atomic E-state index is 11.6. The second kappa shape index (κ2) is 8.74. The van der Waals surface area contributed by atoms with Gasteiger partial charge >= 0.3 is 0 Å². The Hall–Kier alpha value is -1.38. The Morgan fingerprint density at radius 2 is 1.82 bits per heavy atom. The van der Waals surface area contributed by atoms with Crippen LogP contribution in [-0.2, 0) is 11.3 Å². The predicted octanol–water partition coefficient (Wildman–Crippen LogP) is 3.26. The molecule has 0 saturated heterocycles. The Balaban J connectivity index is 0. The van der Waals surface area contributed by atoms with Crippen molar-refractivity contribution < 1.29 is 6.22 Å². The van der Waals surface area contributed by atoms with Crippen molar-refractivity contribution in [2.24, 2.45) is 11.8 Å². The van der Waals surface area contributed by atoms with Gasteiger partial charge in [0.1, 0.15) is 0 Å². The second-order valence-corrected chi connectivity index (χ2v) is 4.11. The third-order valence-corrected chi connectivity index (χ3v) is 2.63. The van der Waals surface area contributed by atoms with Gasteiger partial charge in [0.05, 0.1) is 0 Å². The average molecular weight is 238 g/mol. The first-order valence-corrected chi connectivity index (χ1v) is 6.28. The van der Waals surface area contributed by atoms with Gasteiger partial charge in [0, 0.05) is 26.3 Å². The van der Waals surface area contributed by atoms with Crippen LogP contribution in [0.4, 0.5) is 0 Å². The number of nitrogens with one attached hydrogen (secondary N) is 1. The number of amides is 1. The molecule has 0 aromatic carbocycles. The number of aromatic nitrogens is 1. The van der Waals surface area contributed by atoms with E-state index in [0.29, 0.717) is 12.5 Å². The van der Waals surface area contributed by atoms with Gasteiger partial charge in [-0.25, -0.2) is 0 Å².